The lowest BCUT2D eigenvalue weighted by molar-refractivity contribution is -0.142. The standard InChI is InChI=1S/C19H18FNO3/c1-24-19(23)17(13-7-10-14-8-3-2-4-9-14)21-18(22)15-11-5-6-12-16(15)20/h2-12,17H,13H2,1H3,(H,21,22)/b10-7+/t17-/m1/s1. The monoisotopic (exact) mass is 327 g/mol. The molecule has 0 heterocycles. The van der Waals surface area contributed by atoms with E-state index in [2.05, 4.69) is 5.32 Å². The molecule has 4 nitrogen and oxygen atoms in total. The number of amides is 1. The second kappa shape index (κ2) is 8.62. The molecule has 124 valence electrons. The van der Waals surface area contributed by atoms with Gasteiger partial charge in [0.2, 0.25) is 0 Å². The molecule has 0 aliphatic heterocycles. The third-order valence-electron chi connectivity index (χ3n) is 3.39. The Hall–Kier alpha value is -2.95. The zero-order chi connectivity index (χ0) is 17.4. The zero-order valence-electron chi connectivity index (χ0n) is 13.2. The minimum absolute atomic E-state index is 0.113. The lowest BCUT2D eigenvalue weighted by Gasteiger charge is -2.15. The van der Waals surface area contributed by atoms with Gasteiger partial charge >= 0.3 is 5.97 Å². The molecule has 5 heteroatoms. The lowest BCUT2D eigenvalue weighted by atomic mass is 10.1. The molecule has 0 fully saturated rings. The van der Waals surface area contributed by atoms with E-state index in [1.807, 2.05) is 36.4 Å². The molecule has 0 spiro atoms. The predicted molar refractivity (Wildman–Crippen MR) is 89.8 cm³/mol. The minimum Gasteiger partial charge on any atom is -0.467 e. The Balaban J connectivity index is 2.06. The Morgan fingerprint density at radius 3 is 2.46 bits per heavy atom. The largest absolute Gasteiger partial charge is 0.467 e. The van der Waals surface area contributed by atoms with Crippen molar-refractivity contribution in [1.82, 2.24) is 5.32 Å². The predicted octanol–water partition coefficient (Wildman–Crippen LogP) is 3.20. The van der Waals surface area contributed by atoms with Crippen LogP contribution in [0.25, 0.3) is 6.08 Å². The fourth-order valence-corrected chi connectivity index (χ4v) is 2.14. The van der Waals surface area contributed by atoms with Crippen molar-refractivity contribution >= 4 is 18.0 Å². The number of esters is 1. The van der Waals surface area contributed by atoms with E-state index in [4.69, 9.17) is 4.74 Å². The maximum absolute atomic E-state index is 13.7. The normalized spacial score (nSPS) is 11.9. The van der Waals surface area contributed by atoms with Crippen molar-refractivity contribution in [2.45, 2.75) is 12.5 Å². The van der Waals surface area contributed by atoms with Gasteiger partial charge in [-0.05, 0) is 24.1 Å². The Bertz CT molecular complexity index is 728. The molecule has 0 saturated heterocycles. The first-order valence-electron chi connectivity index (χ1n) is 7.46. The third kappa shape index (κ3) is 4.78. The number of methoxy groups -OCH3 is 1. The lowest BCUT2D eigenvalue weighted by Crippen LogP contribution is -2.41. The fraction of sp³-hybridized carbons (Fsp3) is 0.158. The van der Waals surface area contributed by atoms with E-state index in [0.29, 0.717) is 0 Å². The first-order valence-corrected chi connectivity index (χ1v) is 7.46. The van der Waals surface area contributed by atoms with Crippen LogP contribution in [-0.2, 0) is 9.53 Å². The molecule has 2 aromatic rings. The zero-order valence-corrected chi connectivity index (χ0v) is 13.2. The fourth-order valence-electron chi connectivity index (χ4n) is 2.14. The molecule has 0 aromatic heterocycles. The molecule has 0 bridgehead atoms. The van der Waals surface area contributed by atoms with Crippen molar-refractivity contribution in [2.75, 3.05) is 7.11 Å². The Morgan fingerprint density at radius 1 is 1.12 bits per heavy atom. The van der Waals surface area contributed by atoms with Gasteiger partial charge in [0.1, 0.15) is 11.9 Å². The molecule has 0 saturated carbocycles. The second-order valence-electron chi connectivity index (χ2n) is 5.08. The summed E-state index contributed by atoms with van der Waals surface area (Å²) in [6, 6.07) is 14.3. The van der Waals surface area contributed by atoms with Crippen LogP contribution in [0.3, 0.4) is 0 Å². The summed E-state index contributed by atoms with van der Waals surface area (Å²) in [4.78, 5) is 24.0. The summed E-state index contributed by atoms with van der Waals surface area (Å²) in [5, 5.41) is 2.51. The highest BCUT2D eigenvalue weighted by Crippen LogP contribution is 2.09. The Morgan fingerprint density at radius 2 is 1.79 bits per heavy atom. The quantitative estimate of drug-likeness (QED) is 0.829. The van der Waals surface area contributed by atoms with Crippen LogP contribution in [0.1, 0.15) is 22.3 Å². The van der Waals surface area contributed by atoms with Gasteiger partial charge in [0, 0.05) is 0 Å². The van der Waals surface area contributed by atoms with Crippen molar-refractivity contribution in [3.05, 3.63) is 77.6 Å². The summed E-state index contributed by atoms with van der Waals surface area (Å²) in [6.45, 7) is 0. The van der Waals surface area contributed by atoms with Crippen molar-refractivity contribution in [2.24, 2.45) is 0 Å². The molecule has 0 aliphatic carbocycles. The molecule has 1 amide bonds. The molecule has 1 atom stereocenters. The average Bonchev–Trinajstić information content (AvgIpc) is 2.61. The smallest absolute Gasteiger partial charge is 0.328 e. The van der Waals surface area contributed by atoms with E-state index in [-0.39, 0.29) is 12.0 Å². The van der Waals surface area contributed by atoms with Gasteiger partial charge in [-0.3, -0.25) is 4.79 Å². The SMILES string of the molecule is COC(=O)[C@@H](C/C=C/c1ccccc1)NC(=O)c1ccccc1F. The number of nitrogens with one attached hydrogen (secondary N) is 1. The highest BCUT2D eigenvalue weighted by molar-refractivity contribution is 5.97. The topological polar surface area (TPSA) is 55.4 Å². The minimum atomic E-state index is -0.887. The third-order valence-corrected chi connectivity index (χ3v) is 3.39. The summed E-state index contributed by atoms with van der Waals surface area (Å²) < 4.78 is 18.4. The highest BCUT2D eigenvalue weighted by Gasteiger charge is 2.22. The first kappa shape index (κ1) is 17.4. The van der Waals surface area contributed by atoms with Crippen LogP contribution < -0.4 is 5.32 Å². The van der Waals surface area contributed by atoms with Crippen molar-refractivity contribution in [1.29, 1.82) is 0 Å². The summed E-state index contributed by atoms with van der Waals surface area (Å²) in [7, 11) is 1.24. The van der Waals surface area contributed by atoms with Crippen LogP contribution >= 0.6 is 0 Å². The molecular weight excluding hydrogens is 309 g/mol. The van der Waals surface area contributed by atoms with Crippen LogP contribution in [0.4, 0.5) is 4.39 Å². The summed E-state index contributed by atoms with van der Waals surface area (Å²) in [6.07, 6.45) is 3.84. The Labute approximate surface area is 140 Å². The van der Waals surface area contributed by atoms with E-state index in [1.165, 1.54) is 25.3 Å². The van der Waals surface area contributed by atoms with Gasteiger partial charge < -0.3 is 10.1 Å². The van der Waals surface area contributed by atoms with E-state index in [9.17, 15) is 14.0 Å². The summed E-state index contributed by atoms with van der Waals surface area (Å²) in [5.41, 5.74) is 0.861. The highest BCUT2D eigenvalue weighted by atomic mass is 19.1. The number of ether oxygens (including phenoxy) is 1. The molecule has 0 radical (unpaired) electrons. The van der Waals surface area contributed by atoms with E-state index < -0.39 is 23.7 Å². The van der Waals surface area contributed by atoms with Gasteiger partial charge in [0.05, 0.1) is 12.7 Å². The van der Waals surface area contributed by atoms with Gasteiger partial charge in [0.25, 0.3) is 5.91 Å². The van der Waals surface area contributed by atoms with Gasteiger partial charge in [-0.15, -0.1) is 0 Å². The molecule has 0 unspecified atom stereocenters. The maximum atomic E-state index is 13.7. The average molecular weight is 327 g/mol. The number of carbonyl (C=O) groups excluding carboxylic acids is 2. The molecular formula is C19H18FNO3. The van der Waals surface area contributed by atoms with Crippen LogP contribution in [0.15, 0.2) is 60.7 Å². The van der Waals surface area contributed by atoms with Gasteiger partial charge in [-0.2, -0.15) is 0 Å². The molecule has 0 aliphatic rings. The number of carbonyl (C=O) groups is 2. The molecule has 2 rings (SSSR count). The van der Waals surface area contributed by atoms with Crippen molar-refractivity contribution in [3.8, 4) is 0 Å². The second-order valence-corrected chi connectivity index (χ2v) is 5.08. The summed E-state index contributed by atoms with van der Waals surface area (Å²) in [5.74, 6) is -1.88. The Kier molecular flexibility index (Phi) is 6.25. The van der Waals surface area contributed by atoms with Crippen molar-refractivity contribution in [3.63, 3.8) is 0 Å². The number of benzene rings is 2. The van der Waals surface area contributed by atoms with Crippen LogP contribution in [0.2, 0.25) is 0 Å². The van der Waals surface area contributed by atoms with Gasteiger partial charge in [-0.1, -0.05) is 54.6 Å². The van der Waals surface area contributed by atoms with Crippen LogP contribution in [-0.4, -0.2) is 25.0 Å². The van der Waals surface area contributed by atoms with E-state index in [0.717, 1.165) is 5.56 Å². The molecule has 1 N–H and O–H groups in total. The maximum Gasteiger partial charge on any atom is 0.328 e. The number of hydrogen-bond acceptors (Lipinski definition) is 3. The van der Waals surface area contributed by atoms with Gasteiger partial charge in [0.15, 0.2) is 0 Å². The number of hydrogen-bond donors (Lipinski definition) is 1. The first-order chi connectivity index (χ1) is 11.6. The number of rotatable bonds is 6. The van der Waals surface area contributed by atoms with E-state index in [1.54, 1.807) is 12.1 Å². The number of halogens is 1. The van der Waals surface area contributed by atoms with Crippen LogP contribution in [0.5, 0.6) is 0 Å². The molecule has 2 aromatic carbocycles. The molecule has 24 heavy (non-hydrogen) atoms. The van der Waals surface area contributed by atoms with E-state index >= 15 is 0 Å². The van der Waals surface area contributed by atoms with Crippen LogP contribution in [0, 0.1) is 5.82 Å². The van der Waals surface area contributed by atoms with Crippen molar-refractivity contribution < 1.29 is 18.7 Å². The van der Waals surface area contributed by atoms with Gasteiger partial charge in [-0.25, -0.2) is 9.18 Å². The summed E-state index contributed by atoms with van der Waals surface area (Å²) >= 11 is 0.